The minimum Gasteiger partial charge on any atom is -0.493 e. The van der Waals surface area contributed by atoms with Crippen molar-refractivity contribution in [1.29, 1.82) is 0 Å². The summed E-state index contributed by atoms with van der Waals surface area (Å²) in [6.45, 7) is 1.99. The molecule has 2 atom stereocenters. The number of aromatic nitrogens is 2. The van der Waals surface area contributed by atoms with Gasteiger partial charge in [0.2, 0.25) is 5.75 Å². The fourth-order valence-corrected chi connectivity index (χ4v) is 4.91. The van der Waals surface area contributed by atoms with E-state index >= 15 is 0 Å². The molecule has 9 heteroatoms. The summed E-state index contributed by atoms with van der Waals surface area (Å²) in [6, 6.07) is 3.60. The molecule has 0 radical (unpaired) electrons. The van der Waals surface area contributed by atoms with Crippen molar-refractivity contribution in [3.63, 3.8) is 0 Å². The third-order valence-electron chi connectivity index (χ3n) is 5.60. The van der Waals surface area contributed by atoms with E-state index in [1.807, 2.05) is 13.0 Å². The molecule has 0 fully saturated rings. The number of fused-ring (bicyclic) bond motifs is 2. The number of hydrogen-bond acceptors (Lipinski definition) is 8. The number of benzene rings is 1. The third-order valence-corrected chi connectivity index (χ3v) is 6.36. The molecular formula is C22H25N3O5S. The van der Waals surface area contributed by atoms with E-state index in [0.29, 0.717) is 46.6 Å². The number of allylic oxidation sites excluding steroid dienone is 2. The molecule has 1 aliphatic carbocycles. The number of thioether (sulfide) groups is 1. The molecule has 0 spiro atoms. The molecule has 2 N–H and O–H groups in total. The highest BCUT2D eigenvalue weighted by Crippen LogP contribution is 2.48. The maximum atomic E-state index is 13.2. The van der Waals surface area contributed by atoms with Crippen molar-refractivity contribution < 1.29 is 19.0 Å². The van der Waals surface area contributed by atoms with Crippen molar-refractivity contribution in [2.75, 3.05) is 32.4 Å². The van der Waals surface area contributed by atoms with Crippen LogP contribution in [0.4, 0.5) is 5.82 Å². The van der Waals surface area contributed by atoms with Gasteiger partial charge in [-0.25, -0.2) is 4.98 Å². The van der Waals surface area contributed by atoms with Gasteiger partial charge in [-0.15, -0.1) is 0 Å². The minimum absolute atomic E-state index is 0.0841. The number of nitrogens with zero attached hydrogens (tertiary/aromatic N) is 1. The first-order valence-corrected chi connectivity index (χ1v) is 11.1. The fourth-order valence-electron chi connectivity index (χ4n) is 4.31. The summed E-state index contributed by atoms with van der Waals surface area (Å²) >= 11 is 1.46. The van der Waals surface area contributed by atoms with E-state index in [0.717, 1.165) is 17.0 Å². The summed E-state index contributed by atoms with van der Waals surface area (Å²) in [6.07, 6.45) is 3.12. The first-order valence-electron chi connectivity index (χ1n) is 10.1. The number of ketones is 1. The van der Waals surface area contributed by atoms with E-state index in [9.17, 15) is 9.59 Å². The number of anilines is 1. The first kappa shape index (κ1) is 21.3. The molecule has 1 aromatic carbocycles. The van der Waals surface area contributed by atoms with Crippen molar-refractivity contribution >= 4 is 23.4 Å². The first-order chi connectivity index (χ1) is 15.0. The molecule has 0 saturated carbocycles. The highest BCUT2D eigenvalue weighted by molar-refractivity contribution is 7.99. The average molecular weight is 444 g/mol. The Morgan fingerprint density at radius 3 is 2.42 bits per heavy atom. The average Bonchev–Trinajstić information content (AvgIpc) is 2.77. The monoisotopic (exact) mass is 443 g/mol. The minimum atomic E-state index is -0.527. The van der Waals surface area contributed by atoms with Crippen LogP contribution in [-0.4, -0.2) is 42.8 Å². The van der Waals surface area contributed by atoms with Gasteiger partial charge in [0.15, 0.2) is 16.7 Å². The molecule has 2 unspecified atom stereocenters. The van der Waals surface area contributed by atoms with Crippen molar-refractivity contribution in [2.45, 2.75) is 30.8 Å². The molecule has 2 heterocycles. The highest BCUT2D eigenvalue weighted by Gasteiger charge is 2.43. The van der Waals surface area contributed by atoms with Crippen molar-refractivity contribution in [1.82, 2.24) is 9.97 Å². The highest BCUT2D eigenvalue weighted by atomic mass is 32.2. The number of H-pyrrole nitrogens is 1. The van der Waals surface area contributed by atoms with E-state index in [2.05, 4.69) is 15.3 Å². The van der Waals surface area contributed by atoms with Gasteiger partial charge in [0.1, 0.15) is 11.6 Å². The number of rotatable bonds is 6. The number of Topliss-reactive ketones (excluding diaryl/α,β-unsaturated/α-hetero) is 1. The number of methoxy groups -OCH3 is 3. The van der Waals surface area contributed by atoms with Gasteiger partial charge in [0.05, 0.1) is 32.8 Å². The number of hydrogen-bond donors (Lipinski definition) is 2. The Labute approximate surface area is 184 Å². The zero-order valence-electron chi connectivity index (χ0n) is 17.9. The lowest BCUT2D eigenvalue weighted by Crippen LogP contribution is -2.38. The standard InChI is InChI=1S/C22H25N3O5S/c1-5-31-22-24-20-18(21(27)25-22)16(17-12(23-20)7-6-8-13(17)26)11-9-14(28-2)19(30-4)15(10-11)29-3/h7,9-10,16-17H,5-6,8H2,1-4H3,(H2,23,24,25,27). The van der Waals surface area contributed by atoms with Gasteiger partial charge in [-0.1, -0.05) is 24.8 Å². The quantitative estimate of drug-likeness (QED) is 0.518. The molecule has 2 aliphatic rings. The molecule has 0 saturated heterocycles. The second kappa shape index (κ2) is 8.66. The van der Waals surface area contributed by atoms with Crippen LogP contribution in [0.3, 0.4) is 0 Å². The van der Waals surface area contributed by atoms with Crippen LogP contribution in [0.15, 0.2) is 33.9 Å². The molecular weight excluding hydrogens is 418 g/mol. The van der Waals surface area contributed by atoms with Gasteiger partial charge in [0, 0.05) is 18.0 Å². The largest absolute Gasteiger partial charge is 0.493 e. The summed E-state index contributed by atoms with van der Waals surface area (Å²) in [5, 5.41) is 3.80. The Hall–Kier alpha value is -2.94. The van der Waals surface area contributed by atoms with E-state index < -0.39 is 11.8 Å². The number of carbonyl (C=O) groups excluding carboxylic acids is 1. The van der Waals surface area contributed by atoms with Crippen LogP contribution >= 0.6 is 11.8 Å². The van der Waals surface area contributed by atoms with Gasteiger partial charge in [-0.3, -0.25) is 9.59 Å². The summed E-state index contributed by atoms with van der Waals surface area (Å²) in [7, 11) is 4.61. The van der Waals surface area contributed by atoms with Crippen LogP contribution in [0.5, 0.6) is 17.2 Å². The molecule has 8 nitrogen and oxygen atoms in total. The Bertz CT molecular complexity index is 1090. The van der Waals surface area contributed by atoms with Crippen molar-refractivity contribution in [2.24, 2.45) is 5.92 Å². The van der Waals surface area contributed by atoms with Gasteiger partial charge >= 0.3 is 0 Å². The molecule has 4 rings (SSSR count). The summed E-state index contributed by atoms with van der Waals surface area (Å²) in [5.41, 5.74) is 1.69. The molecule has 0 bridgehead atoms. The Balaban J connectivity index is 1.98. The zero-order valence-corrected chi connectivity index (χ0v) is 18.7. The molecule has 1 aliphatic heterocycles. The van der Waals surface area contributed by atoms with E-state index in [4.69, 9.17) is 14.2 Å². The van der Waals surface area contributed by atoms with Crippen LogP contribution < -0.4 is 25.1 Å². The van der Waals surface area contributed by atoms with Gasteiger partial charge in [-0.2, -0.15) is 0 Å². The lowest BCUT2D eigenvalue weighted by atomic mass is 9.72. The molecule has 31 heavy (non-hydrogen) atoms. The topological polar surface area (TPSA) is 103 Å². The summed E-state index contributed by atoms with van der Waals surface area (Å²) in [5.74, 6) is 1.70. The van der Waals surface area contributed by atoms with Crippen LogP contribution in [0, 0.1) is 5.92 Å². The van der Waals surface area contributed by atoms with E-state index in [-0.39, 0.29) is 11.3 Å². The maximum absolute atomic E-state index is 13.2. The smallest absolute Gasteiger partial charge is 0.257 e. The maximum Gasteiger partial charge on any atom is 0.257 e. The number of nitrogens with one attached hydrogen (secondary N) is 2. The number of aromatic amines is 1. The molecule has 2 aromatic rings. The summed E-state index contributed by atoms with van der Waals surface area (Å²) in [4.78, 5) is 33.7. The lowest BCUT2D eigenvalue weighted by molar-refractivity contribution is -0.122. The van der Waals surface area contributed by atoms with Crippen molar-refractivity contribution in [3.8, 4) is 17.2 Å². The Kier molecular flexibility index (Phi) is 5.95. The second-order valence-electron chi connectivity index (χ2n) is 7.27. The number of carbonyl (C=O) groups is 1. The predicted molar refractivity (Wildman–Crippen MR) is 119 cm³/mol. The molecule has 1 aromatic heterocycles. The Morgan fingerprint density at radius 2 is 1.81 bits per heavy atom. The van der Waals surface area contributed by atoms with Gasteiger partial charge in [-0.05, 0) is 29.9 Å². The van der Waals surface area contributed by atoms with E-state index in [1.165, 1.54) is 33.1 Å². The van der Waals surface area contributed by atoms with Crippen LogP contribution in [0.2, 0.25) is 0 Å². The normalized spacial score (nSPS) is 19.6. The predicted octanol–water partition coefficient (Wildman–Crippen LogP) is 3.33. The van der Waals surface area contributed by atoms with Crippen LogP contribution in [0.25, 0.3) is 0 Å². The number of ether oxygens (including phenoxy) is 3. The van der Waals surface area contributed by atoms with Crippen molar-refractivity contribution in [3.05, 3.63) is 45.4 Å². The summed E-state index contributed by atoms with van der Waals surface area (Å²) < 4.78 is 16.5. The fraction of sp³-hybridized carbons (Fsp3) is 0.409. The van der Waals surface area contributed by atoms with Gasteiger partial charge in [0.25, 0.3) is 5.56 Å². The lowest BCUT2D eigenvalue weighted by Gasteiger charge is -2.37. The molecule has 0 amide bonds. The second-order valence-corrected chi connectivity index (χ2v) is 8.52. The third kappa shape index (κ3) is 3.67. The zero-order chi connectivity index (χ0) is 22.1. The van der Waals surface area contributed by atoms with E-state index in [1.54, 1.807) is 12.1 Å². The molecule has 164 valence electrons. The Morgan fingerprint density at radius 1 is 1.10 bits per heavy atom. The van der Waals surface area contributed by atoms with Crippen LogP contribution in [-0.2, 0) is 4.79 Å². The van der Waals surface area contributed by atoms with Gasteiger partial charge < -0.3 is 24.5 Å². The van der Waals surface area contributed by atoms with Crippen LogP contribution in [0.1, 0.15) is 36.8 Å². The SMILES string of the molecule is CCSc1nc2c(c(=O)[nH]1)C(c1cc(OC)c(OC)c(OC)c1)C1C(=O)CCC=C1N2.